The molecule has 4 heteroatoms. The number of rotatable bonds is 5. The lowest BCUT2D eigenvalue weighted by Crippen LogP contribution is -2.26. The number of hydrogen-bond acceptors (Lipinski definition) is 3. The molecule has 0 fully saturated rings. The summed E-state index contributed by atoms with van der Waals surface area (Å²) in [5.41, 5.74) is 0.234. The van der Waals surface area contributed by atoms with Gasteiger partial charge in [-0.15, -0.1) is 11.6 Å². The SMILES string of the molecule is CCCC(=N)C(Cl)C(=O)OCC. The van der Waals surface area contributed by atoms with Crippen LogP contribution in [0.15, 0.2) is 0 Å². The molecule has 0 saturated carbocycles. The van der Waals surface area contributed by atoms with Gasteiger partial charge in [0.1, 0.15) is 0 Å². The van der Waals surface area contributed by atoms with Crippen molar-refractivity contribution in [1.82, 2.24) is 0 Å². The Hall–Kier alpha value is -0.570. The molecule has 0 aromatic carbocycles. The summed E-state index contributed by atoms with van der Waals surface area (Å²) >= 11 is 5.64. The van der Waals surface area contributed by atoms with E-state index in [0.717, 1.165) is 6.42 Å². The first-order valence-electron chi connectivity index (χ1n) is 4.01. The average Bonchev–Trinajstić information content (AvgIpc) is 2.04. The maximum absolute atomic E-state index is 11.0. The summed E-state index contributed by atoms with van der Waals surface area (Å²) < 4.78 is 4.66. The summed E-state index contributed by atoms with van der Waals surface area (Å²) in [6, 6.07) is 0. The van der Waals surface area contributed by atoms with Crippen LogP contribution in [0.1, 0.15) is 26.7 Å². The fourth-order valence-corrected chi connectivity index (χ4v) is 0.926. The highest BCUT2D eigenvalue weighted by Crippen LogP contribution is 2.05. The van der Waals surface area contributed by atoms with Gasteiger partial charge in [-0.05, 0) is 13.3 Å². The fraction of sp³-hybridized carbons (Fsp3) is 0.750. The molecule has 0 saturated heterocycles. The lowest BCUT2D eigenvalue weighted by Gasteiger charge is -2.08. The number of alkyl halides is 1. The zero-order chi connectivity index (χ0) is 9.56. The van der Waals surface area contributed by atoms with Gasteiger partial charge in [-0.1, -0.05) is 13.3 Å². The Balaban J connectivity index is 3.91. The molecule has 70 valence electrons. The van der Waals surface area contributed by atoms with Gasteiger partial charge in [-0.3, -0.25) is 4.79 Å². The van der Waals surface area contributed by atoms with Crippen molar-refractivity contribution in [1.29, 1.82) is 5.41 Å². The zero-order valence-corrected chi connectivity index (χ0v) is 8.15. The molecular weight excluding hydrogens is 178 g/mol. The normalized spacial score (nSPS) is 12.2. The van der Waals surface area contributed by atoms with Crippen LogP contribution < -0.4 is 0 Å². The Bertz CT molecular complexity index is 152. The first-order valence-corrected chi connectivity index (χ1v) is 4.45. The highest BCUT2D eigenvalue weighted by Gasteiger charge is 2.20. The molecule has 0 amide bonds. The van der Waals surface area contributed by atoms with Crippen LogP contribution >= 0.6 is 11.6 Å². The first kappa shape index (κ1) is 11.4. The summed E-state index contributed by atoms with van der Waals surface area (Å²) in [5.74, 6) is -0.516. The number of halogens is 1. The Labute approximate surface area is 77.6 Å². The third-order valence-corrected chi connectivity index (χ3v) is 1.76. The fourth-order valence-electron chi connectivity index (χ4n) is 0.754. The van der Waals surface area contributed by atoms with Crippen molar-refractivity contribution in [2.45, 2.75) is 32.1 Å². The number of ether oxygens (including phenoxy) is 1. The lowest BCUT2D eigenvalue weighted by molar-refractivity contribution is -0.141. The van der Waals surface area contributed by atoms with Crippen LogP contribution in [0.5, 0.6) is 0 Å². The van der Waals surface area contributed by atoms with E-state index >= 15 is 0 Å². The van der Waals surface area contributed by atoms with Gasteiger partial charge in [0.05, 0.1) is 6.61 Å². The molecule has 0 aliphatic rings. The Morgan fingerprint density at radius 1 is 1.58 bits per heavy atom. The van der Waals surface area contributed by atoms with Crippen LogP contribution in [0.3, 0.4) is 0 Å². The predicted molar refractivity (Wildman–Crippen MR) is 48.9 cm³/mol. The van der Waals surface area contributed by atoms with Gasteiger partial charge >= 0.3 is 5.97 Å². The van der Waals surface area contributed by atoms with Crippen molar-refractivity contribution in [2.24, 2.45) is 0 Å². The quantitative estimate of drug-likeness (QED) is 0.411. The highest BCUT2D eigenvalue weighted by molar-refractivity contribution is 6.41. The minimum Gasteiger partial charge on any atom is -0.465 e. The van der Waals surface area contributed by atoms with Crippen molar-refractivity contribution in [3.05, 3.63) is 0 Å². The third-order valence-electron chi connectivity index (χ3n) is 1.32. The maximum Gasteiger partial charge on any atom is 0.329 e. The molecular formula is C8H14ClNO2. The van der Waals surface area contributed by atoms with Gasteiger partial charge < -0.3 is 10.1 Å². The van der Waals surface area contributed by atoms with Crippen LogP contribution in [0.25, 0.3) is 0 Å². The number of esters is 1. The summed E-state index contributed by atoms with van der Waals surface area (Å²) in [4.78, 5) is 11.0. The van der Waals surface area contributed by atoms with E-state index in [1.807, 2.05) is 6.92 Å². The third kappa shape index (κ3) is 3.72. The van der Waals surface area contributed by atoms with Gasteiger partial charge in [0.15, 0.2) is 5.38 Å². The van der Waals surface area contributed by atoms with Gasteiger partial charge in [-0.2, -0.15) is 0 Å². The second kappa shape index (κ2) is 6.00. The monoisotopic (exact) mass is 191 g/mol. The molecule has 0 spiro atoms. The predicted octanol–water partition coefficient (Wildman–Crippen LogP) is 1.98. The van der Waals surface area contributed by atoms with E-state index in [1.165, 1.54) is 0 Å². The molecule has 0 aromatic rings. The molecule has 0 heterocycles. The van der Waals surface area contributed by atoms with Crippen molar-refractivity contribution in [3.8, 4) is 0 Å². The van der Waals surface area contributed by atoms with E-state index in [-0.39, 0.29) is 5.71 Å². The first-order chi connectivity index (χ1) is 5.63. The summed E-state index contributed by atoms with van der Waals surface area (Å²) in [5, 5.41) is 6.47. The van der Waals surface area contributed by atoms with E-state index in [9.17, 15) is 4.79 Å². The number of hydrogen-bond donors (Lipinski definition) is 1. The Morgan fingerprint density at radius 2 is 2.17 bits per heavy atom. The molecule has 0 rings (SSSR count). The van der Waals surface area contributed by atoms with Gasteiger partial charge in [0.2, 0.25) is 0 Å². The second-order valence-corrected chi connectivity index (χ2v) is 2.83. The lowest BCUT2D eigenvalue weighted by atomic mass is 10.1. The molecule has 0 aliphatic heterocycles. The average molecular weight is 192 g/mol. The van der Waals surface area contributed by atoms with Gasteiger partial charge in [0, 0.05) is 5.71 Å². The largest absolute Gasteiger partial charge is 0.465 e. The van der Waals surface area contributed by atoms with Crippen LogP contribution in [0.4, 0.5) is 0 Å². The van der Waals surface area contributed by atoms with E-state index < -0.39 is 11.3 Å². The molecule has 0 radical (unpaired) electrons. The van der Waals surface area contributed by atoms with Crippen LogP contribution in [0.2, 0.25) is 0 Å². The van der Waals surface area contributed by atoms with Crippen molar-refractivity contribution < 1.29 is 9.53 Å². The number of carbonyl (C=O) groups excluding carboxylic acids is 1. The molecule has 1 N–H and O–H groups in total. The topological polar surface area (TPSA) is 50.2 Å². The van der Waals surface area contributed by atoms with E-state index in [4.69, 9.17) is 17.0 Å². The maximum atomic E-state index is 11.0. The minimum atomic E-state index is -0.898. The van der Waals surface area contributed by atoms with Crippen LogP contribution in [-0.4, -0.2) is 23.7 Å². The molecule has 0 aliphatic carbocycles. The second-order valence-electron chi connectivity index (χ2n) is 2.39. The van der Waals surface area contributed by atoms with Crippen LogP contribution in [-0.2, 0) is 9.53 Å². The highest BCUT2D eigenvalue weighted by atomic mass is 35.5. The summed E-state index contributed by atoms with van der Waals surface area (Å²) in [6.07, 6.45) is 1.37. The molecule has 0 aromatic heterocycles. The van der Waals surface area contributed by atoms with Gasteiger partial charge in [-0.25, -0.2) is 0 Å². The molecule has 12 heavy (non-hydrogen) atoms. The van der Waals surface area contributed by atoms with Crippen molar-refractivity contribution in [2.75, 3.05) is 6.61 Å². The number of nitrogens with one attached hydrogen (secondary N) is 1. The number of carbonyl (C=O) groups is 1. The minimum absolute atomic E-state index is 0.234. The summed E-state index contributed by atoms with van der Waals surface area (Å²) in [7, 11) is 0. The molecule has 1 atom stereocenters. The smallest absolute Gasteiger partial charge is 0.329 e. The van der Waals surface area contributed by atoms with E-state index in [0.29, 0.717) is 13.0 Å². The van der Waals surface area contributed by atoms with E-state index in [2.05, 4.69) is 4.74 Å². The molecule has 3 nitrogen and oxygen atoms in total. The van der Waals surface area contributed by atoms with Crippen molar-refractivity contribution >= 4 is 23.3 Å². The van der Waals surface area contributed by atoms with Crippen molar-refractivity contribution in [3.63, 3.8) is 0 Å². The van der Waals surface area contributed by atoms with Crippen LogP contribution in [0, 0.1) is 5.41 Å². The van der Waals surface area contributed by atoms with E-state index in [1.54, 1.807) is 6.92 Å². The standard InChI is InChI=1S/C8H14ClNO2/c1-3-5-6(10)7(9)8(11)12-4-2/h7,10H,3-5H2,1-2H3. The Morgan fingerprint density at radius 3 is 2.58 bits per heavy atom. The molecule has 0 bridgehead atoms. The van der Waals surface area contributed by atoms with Gasteiger partial charge in [0.25, 0.3) is 0 Å². The molecule has 1 unspecified atom stereocenters. The Kier molecular flexibility index (Phi) is 5.72. The zero-order valence-electron chi connectivity index (χ0n) is 7.39. The summed E-state index contributed by atoms with van der Waals surface area (Å²) in [6.45, 7) is 3.95.